The molecule has 0 radical (unpaired) electrons. The van der Waals surface area contributed by atoms with Gasteiger partial charge in [-0.3, -0.25) is 9.59 Å². The van der Waals surface area contributed by atoms with Crippen LogP contribution in [0.3, 0.4) is 0 Å². The largest absolute Gasteiger partial charge is 0.444 e. The van der Waals surface area contributed by atoms with Crippen LogP contribution in [0.5, 0.6) is 0 Å². The van der Waals surface area contributed by atoms with Gasteiger partial charge in [0.05, 0.1) is 0 Å². The molecule has 2 atom stereocenters. The molecule has 47 heavy (non-hydrogen) atoms. The van der Waals surface area contributed by atoms with Crippen molar-refractivity contribution in [3.05, 3.63) is 131 Å². The monoisotopic (exact) mass is 633 g/mol. The Hall–Kier alpha value is -5.51. The molecule has 0 aliphatic heterocycles. The summed E-state index contributed by atoms with van der Waals surface area (Å²) in [6.45, 7) is 7.25. The van der Waals surface area contributed by atoms with Crippen LogP contribution in [0.4, 0.5) is 4.79 Å². The van der Waals surface area contributed by atoms with Crippen LogP contribution in [-0.4, -0.2) is 39.7 Å². The number of ether oxygens (including phenoxy) is 1. The van der Waals surface area contributed by atoms with Crippen molar-refractivity contribution in [1.82, 2.24) is 26.1 Å². The Morgan fingerprint density at radius 2 is 1.51 bits per heavy atom. The number of nitrogens with zero attached hydrogens (tertiary/aromatic N) is 2. The number of fused-ring (bicyclic) bond motifs is 1. The van der Waals surface area contributed by atoms with Gasteiger partial charge in [-0.25, -0.2) is 4.79 Å². The van der Waals surface area contributed by atoms with Crippen LogP contribution in [0.25, 0.3) is 10.8 Å². The Kier molecular flexibility index (Phi) is 10.3. The van der Waals surface area contributed by atoms with Crippen molar-refractivity contribution in [1.29, 1.82) is 0 Å². The summed E-state index contributed by atoms with van der Waals surface area (Å²) in [6.07, 6.45) is 0.0989. The number of aromatic nitrogens is 2. The maximum atomic E-state index is 14.0. The maximum Gasteiger partial charge on any atom is 0.407 e. The van der Waals surface area contributed by atoms with Crippen molar-refractivity contribution in [2.24, 2.45) is 0 Å². The standard InChI is InChI=1S/C37H39N5O5/c1-24-39-35(47-42-24)32(21-25-11-6-5-7-12-25)41-34(44)31(22-26-17-18-28-14-8-9-15-29(28)19-26)40-33(43)30-16-10-13-27(20-30)23-38-36(45)46-37(2,3)4/h5-20,31-32H,21-23H2,1-4H3,(H,38,45)(H,40,43)(H,41,44). The Bertz CT molecular complexity index is 1850. The lowest BCUT2D eigenvalue weighted by molar-refractivity contribution is -0.123. The van der Waals surface area contributed by atoms with E-state index in [2.05, 4.69) is 26.1 Å². The summed E-state index contributed by atoms with van der Waals surface area (Å²) in [4.78, 5) is 44.2. The fourth-order valence-corrected chi connectivity index (χ4v) is 5.14. The summed E-state index contributed by atoms with van der Waals surface area (Å²) >= 11 is 0. The lowest BCUT2D eigenvalue weighted by atomic mass is 9.99. The van der Waals surface area contributed by atoms with Crippen molar-refractivity contribution in [2.75, 3.05) is 0 Å². The van der Waals surface area contributed by atoms with Gasteiger partial charge in [-0.15, -0.1) is 0 Å². The van der Waals surface area contributed by atoms with Crippen LogP contribution < -0.4 is 16.0 Å². The Morgan fingerprint density at radius 3 is 2.23 bits per heavy atom. The molecule has 2 unspecified atom stereocenters. The second-order valence-corrected chi connectivity index (χ2v) is 12.4. The molecule has 10 nitrogen and oxygen atoms in total. The molecule has 0 saturated heterocycles. The third-order valence-electron chi connectivity index (χ3n) is 7.34. The molecular formula is C37H39N5O5. The number of hydrogen-bond acceptors (Lipinski definition) is 7. The third-order valence-corrected chi connectivity index (χ3v) is 7.34. The lowest BCUT2D eigenvalue weighted by Gasteiger charge is -2.22. The summed E-state index contributed by atoms with van der Waals surface area (Å²) in [5.41, 5.74) is 2.27. The Labute approximate surface area is 273 Å². The van der Waals surface area contributed by atoms with Crippen LogP contribution in [0.1, 0.15) is 65.6 Å². The molecule has 5 aromatic rings. The molecule has 4 aromatic carbocycles. The molecule has 0 fully saturated rings. The minimum Gasteiger partial charge on any atom is -0.444 e. The molecular weight excluding hydrogens is 594 g/mol. The number of nitrogens with one attached hydrogen (secondary N) is 3. The molecule has 0 spiro atoms. The molecule has 5 rings (SSSR count). The van der Waals surface area contributed by atoms with E-state index < -0.39 is 35.6 Å². The van der Waals surface area contributed by atoms with E-state index in [0.717, 1.165) is 21.9 Å². The van der Waals surface area contributed by atoms with Gasteiger partial charge in [0, 0.05) is 24.9 Å². The van der Waals surface area contributed by atoms with Gasteiger partial charge in [-0.2, -0.15) is 4.98 Å². The molecule has 242 valence electrons. The fraction of sp³-hybridized carbons (Fsp3) is 0.270. The van der Waals surface area contributed by atoms with Gasteiger partial charge >= 0.3 is 6.09 Å². The first-order valence-corrected chi connectivity index (χ1v) is 15.5. The Morgan fingerprint density at radius 1 is 0.787 bits per heavy atom. The van der Waals surface area contributed by atoms with Crippen molar-refractivity contribution >= 4 is 28.7 Å². The second-order valence-electron chi connectivity index (χ2n) is 12.4. The molecule has 3 amide bonds. The first-order valence-electron chi connectivity index (χ1n) is 15.5. The number of alkyl carbamates (subject to hydrolysis) is 1. The van der Waals surface area contributed by atoms with E-state index in [-0.39, 0.29) is 18.9 Å². The molecule has 1 heterocycles. The van der Waals surface area contributed by atoms with E-state index in [1.165, 1.54) is 0 Å². The number of aryl methyl sites for hydroxylation is 1. The van der Waals surface area contributed by atoms with Crippen molar-refractivity contribution in [2.45, 2.75) is 64.8 Å². The maximum absolute atomic E-state index is 14.0. The molecule has 10 heteroatoms. The minimum absolute atomic E-state index is 0.168. The van der Waals surface area contributed by atoms with Crippen LogP contribution in [0, 0.1) is 6.92 Å². The number of carbonyl (C=O) groups is 3. The average molecular weight is 634 g/mol. The smallest absolute Gasteiger partial charge is 0.407 e. The van der Waals surface area contributed by atoms with Gasteiger partial charge in [0.1, 0.15) is 17.7 Å². The minimum atomic E-state index is -0.936. The zero-order chi connectivity index (χ0) is 33.4. The van der Waals surface area contributed by atoms with E-state index in [0.29, 0.717) is 23.4 Å². The summed E-state index contributed by atoms with van der Waals surface area (Å²) < 4.78 is 10.8. The highest BCUT2D eigenvalue weighted by molar-refractivity contribution is 5.98. The summed E-state index contributed by atoms with van der Waals surface area (Å²) in [5, 5.41) is 14.8. The quantitative estimate of drug-likeness (QED) is 0.162. The van der Waals surface area contributed by atoms with E-state index in [9.17, 15) is 14.4 Å². The second kappa shape index (κ2) is 14.7. The van der Waals surface area contributed by atoms with E-state index in [1.807, 2.05) is 72.8 Å². The van der Waals surface area contributed by atoms with E-state index in [1.54, 1.807) is 52.0 Å². The zero-order valence-corrected chi connectivity index (χ0v) is 26.9. The molecule has 0 saturated carbocycles. The van der Waals surface area contributed by atoms with Crippen LogP contribution in [0.2, 0.25) is 0 Å². The van der Waals surface area contributed by atoms with Crippen LogP contribution in [0.15, 0.2) is 102 Å². The molecule has 0 bridgehead atoms. The predicted molar refractivity (Wildman–Crippen MR) is 178 cm³/mol. The van der Waals surface area contributed by atoms with Gasteiger partial charge in [0.15, 0.2) is 5.82 Å². The van der Waals surface area contributed by atoms with Gasteiger partial charge in [-0.05, 0) is 67.3 Å². The van der Waals surface area contributed by atoms with E-state index >= 15 is 0 Å². The van der Waals surface area contributed by atoms with Crippen LogP contribution in [-0.2, 0) is 28.9 Å². The van der Waals surface area contributed by atoms with E-state index in [4.69, 9.17) is 9.26 Å². The highest BCUT2D eigenvalue weighted by atomic mass is 16.6. The first kappa shape index (κ1) is 32.9. The first-order chi connectivity index (χ1) is 22.5. The highest BCUT2D eigenvalue weighted by Crippen LogP contribution is 2.20. The number of carbonyl (C=O) groups excluding carboxylic acids is 3. The van der Waals surface area contributed by atoms with Crippen molar-refractivity contribution in [3.63, 3.8) is 0 Å². The lowest BCUT2D eigenvalue weighted by Crippen LogP contribution is -2.49. The number of hydrogen-bond donors (Lipinski definition) is 3. The van der Waals surface area contributed by atoms with Gasteiger partial charge in [0.25, 0.3) is 5.91 Å². The zero-order valence-electron chi connectivity index (χ0n) is 26.9. The topological polar surface area (TPSA) is 135 Å². The average Bonchev–Trinajstić information content (AvgIpc) is 3.49. The summed E-state index contributed by atoms with van der Waals surface area (Å²) in [6, 6.07) is 29.0. The van der Waals surface area contributed by atoms with Gasteiger partial charge in [0.2, 0.25) is 11.8 Å². The highest BCUT2D eigenvalue weighted by Gasteiger charge is 2.28. The SMILES string of the molecule is Cc1noc(C(Cc2ccccc2)NC(=O)C(Cc2ccc3ccccc3c2)NC(=O)c2cccc(CNC(=O)OC(C)(C)C)c2)n1. The number of benzene rings is 4. The molecule has 1 aromatic heterocycles. The predicted octanol–water partition coefficient (Wildman–Crippen LogP) is 6.00. The Balaban J connectivity index is 1.37. The van der Waals surface area contributed by atoms with Crippen molar-refractivity contribution in [3.8, 4) is 0 Å². The molecule has 0 aliphatic carbocycles. The molecule has 0 aliphatic rings. The fourth-order valence-electron chi connectivity index (χ4n) is 5.14. The van der Waals surface area contributed by atoms with Gasteiger partial charge in [-0.1, -0.05) is 90.1 Å². The van der Waals surface area contributed by atoms with Crippen molar-refractivity contribution < 1.29 is 23.6 Å². The molecule has 3 N–H and O–H groups in total. The number of amides is 3. The summed E-state index contributed by atoms with van der Waals surface area (Å²) in [5.74, 6) is -0.0978. The summed E-state index contributed by atoms with van der Waals surface area (Å²) in [7, 11) is 0. The van der Waals surface area contributed by atoms with Crippen LogP contribution >= 0.6 is 0 Å². The third kappa shape index (κ3) is 9.49. The normalized spacial score (nSPS) is 12.6. The number of rotatable bonds is 11. The van der Waals surface area contributed by atoms with Gasteiger partial charge < -0.3 is 25.2 Å².